The molecule has 0 saturated carbocycles. The van der Waals surface area contributed by atoms with Crippen LogP contribution in [-0.2, 0) is 16.2 Å². The Labute approximate surface area is 157 Å². The molecule has 0 heterocycles. The van der Waals surface area contributed by atoms with Crippen LogP contribution in [0.15, 0.2) is 53.6 Å². The maximum absolute atomic E-state index is 13.7. The zero-order valence-electron chi connectivity index (χ0n) is 15.1. The minimum Gasteiger partial charge on any atom is -0.488 e. The van der Waals surface area contributed by atoms with Crippen LogP contribution in [0.2, 0.25) is 0 Å². The minimum absolute atomic E-state index is 0.0592. The van der Waals surface area contributed by atoms with E-state index in [0.29, 0.717) is 23.4 Å². The van der Waals surface area contributed by atoms with Crippen molar-refractivity contribution in [3.8, 4) is 5.75 Å². The number of nitrogens with one attached hydrogen (secondary N) is 2. The summed E-state index contributed by atoms with van der Waals surface area (Å²) in [6.07, 6.45) is 3.09. The van der Waals surface area contributed by atoms with Gasteiger partial charge in [-0.15, -0.1) is 0 Å². The van der Waals surface area contributed by atoms with E-state index in [1.807, 2.05) is 6.92 Å². The first-order valence-corrected chi connectivity index (χ1v) is 8.68. The molecule has 0 saturated heterocycles. The SMILES string of the molecule is CCCCNC(=O)C(=O)N/N=C\c1ccccc1OCc1ccccc1F. The van der Waals surface area contributed by atoms with Crippen LogP contribution in [0.25, 0.3) is 0 Å². The number of nitrogens with zero attached hydrogens (tertiary/aromatic N) is 1. The highest BCUT2D eigenvalue weighted by atomic mass is 19.1. The van der Waals surface area contributed by atoms with Crippen LogP contribution >= 0.6 is 0 Å². The van der Waals surface area contributed by atoms with Crippen molar-refractivity contribution in [1.29, 1.82) is 0 Å². The molecular formula is C20H22FN3O3. The Balaban J connectivity index is 1.93. The van der Waals surface area contributed by atoms with E-state index in [2.05, 4.69) is 15.8 Å². The molecule has 0 aliphatic rings. The van der Waals surface area contributed by atoms with Gasteiger partial charge in [0, 0.05) is 17.7 Å². The van der Waals surface area contributed by atoms with E-state index in [0.717, 1.165) is 12.8 Å². The third-order valence-corrected chi connectivity index (χ3v) is 3.65. The van der Waals surface area contributed by atoms with Crippen LogP contribution in [0.1, 0.15) is 30.9 Å². The van der Waals surface area contributed by atoms with E-state index in [9.17, 15) is 14.0 Å². The molecule has 0 spiro atoms. The molecule has 7 heteroatoms. The quantitative estimate of drug-likeness (QED) is 0.324. The van der Waals surface area contributed by atoms with E-state index >= 15 is 0 Å². The lowest BCUT2D eigenvalue weighted by atomic mass is 10.2. The number of carbonyl (C=O) groups is 2. The molecule has 0 aliphatic heterocycles. The Morgan fingerprint density at radius 3 is 2.63 bits per heavy atom. The molecule has 2 aromatic carbocycles. The zero-order valence-corrected chi connectivity index (χ0v) is 15.1. The molecule has 0 bridgehead atoms. The van der Waals surface area contributed by atoms with Gasteiger partial charge in [0.2, 0.25) is 0 Å². The predicted molar refractivity (Wildman–Crippen MR) is 101 cm³/mol. The van der Waals surface area contributed by atoms with E-state index in [1.54, 1.807) is 42.5 Å². The second-order valence-electron chi connectivity index (χ2n) is 5.73. The molecule has 0 radical (unpaired) electrons. The average molecular weight is 371 g/mol. The lowest BCUT2D eigenvalue weighted by molar-refractivity contribution is -0.139. The van der Waals surface area contributed by atoms with Gasteiger partial charge in [-0.05, 0) is 24.6 Å². The lowest BCUT2D eigenvalue weighted by Gasteiger charge is -2.09. The fraction of sp³-hybridized carbons (Fsp3) is 0.250. The van der Waals surface area contributed by atoms with Gasteiger partial charge in [-0.25, -0.2) is 9.82 Å². The smallest absolute Gasteiger partial charge is 0.329 e. The zero-order chi connectivity index (χ0) is 19.5. The van der Waals surface area contributed by atoms with Gasteiger partial charge in [-0.2, -0.15) is 5.10 Å². The second-order valence-corrected chi connectivity index (χ2v) is 5.73. The number of para-hydroxylation sites is 1. The molecule has 6 nitrogen and oxygen atoms in total. The summed E-state index contributed by atoms with van der Waals surface area (Å²) in [5.41, 5.74) is 3.19. The number of carbonyl (C=O) groups excluding carboxylic acids is 2. The van der Waals surface area contributed by atoms with Gasteiger partial charge in [0.15, 0.2) is 0 Å². The molecule has 0 aromatic heterocycles. The third kappa shape index (κ3) is 6.54. The van der Waals surface area contributed by atoms with Gasteiger partial charge in [-0.1, -0.05) is 43.7 Å². The van der Waals surface area contributed by atoms with Crippen LogP contribution in [0.3, 0.4) is 0 Å². The van der Waals surface area contributed by atoms with Gasteiger partial charge >= 0.3 is 11.8 Å². The number of hydrogen-bond donors (Lipinski definition) is 2. The first-order valence-electron chi connectivity index (χ1n) is 8.68. The molecule has 0 atom stereocenters. The lowest BCUT2D eigenvalue weighted by Crippen LogP contribution is -2.38. The van der Waals surface area contributed by atoms with Crippen LogP contribution in [0.4, 0.5) is 4.39 Å². The number of amides is 2. The summed E-state index contributed by atoms with van der Waals surface area (Å²) in [7, 11) is 0. The molecular weight excluding hydrogens is 349 g/mol. The highest BCUT2D eigenvalue weighted by Crippen LogP contribution is 2.18. The predicted octanol–water partition coefficient (Wildman–Crippen LogP) is 2.77. The maximum Gasteiger partial charge on any atom is 0.329 e. The summed E-state index contributed by atoms with van der Waals surface area (Å²) in [6.45, 7) is 2.49. The van der Waals surface area contributed by atoms with Gasteiger partial charge in [0.1, 0.15) is 18.2 Å². The molecule has 0 fully saturated rings. The van der Waals surface area contributed by atoms with Crippen molar-refractivity contribution in [3.05, 3.63) is 65.5 Å². The number of hydrazone groups is 1. The Morgan fingerprint density at radius 2 is 1.85 bits per heavy atom. The summed E-state index contributed by atoms with van der Waals surface area (Å²) >= 11 is 0. The Kier molecular flexibility index (Phi) is 7.96. The van der Waals surface area contributed by atoms with Crippen molar-refractivity contribution in [1.82, 2.24) is 10.7 Å². The summed E-state index contributed by atoms with van der Waals surface area (Å²) in [5, 5.41) is 6.29. The fourth-order valence-corrected chi connectivity index (χ4v) is 2.16. The van der Waals surface area contributed by atoms with Crippen molar-refractivity contribution >= 4 is 18.0 Å². The number of benzene rings is 2. The largest absolute Gasteiger partial charge is 0.488 e. The average Bonchev–Trinajstić information content (AvgIpc) is 2.68. The molecule has 142 valence electrons. The van der Waals surface area contributed by atoms with Crippen molar-refractivity contribution in [2.45, 2.75) is 26.4 Å². The maximum atomic E-state index is 13.7. The van der Waals surface area contributed by atoms with Crippen LogP contribution < -0.4 is 15.5 Å². The summed E-state index contributed by atoms with van der Waals surface area (Å²) < 4.78 is 19.3. The Morgan fingerprint density at radius 1 is 1.11 bits per heavy atom. The van der Waals surface area contributed by atoms with E-state index < -0.39 is 11.8 Å². The molecule has 2 amide bonds. The monoisotopic (exact) mass is 371 g/mol. The molecule has 0 aliphatic carbocycles. The van der Waals surface area contributed by atoms with Crippen LogP contribution in [0, 0.1) is 5.82 Å². The molecule has 2 aromatic rings. The standard InChI is InChI=1S/C20H22FN3O3/c1-2-3-12-22-19(25)20(26)24-23-13-15-8-5-7-11-18(15)27-14-16-9-4-6-10-17(16)21/h4-11,13H,2-3,12,14H2,1H3,(H,22,25)(H,24,26)/b23-13-. The Hall–Kier alpha value is -3.22. The van der Waals surface area contributed by atoms with Crippen molar-refractivity contribution in [3.63, 3.8) is 0 Å². The first-order chi connectivity index (χ1) is 13.1. The van der Waals surface area contributed by atoms with Gasteiger partial charge < -0.3 is 10.1 Å². The van der Waals surface area contributed by atoms with Gasteiger partial charge in [0.25, 0.3) is 0 Å². The second kappa shape index (κ2) is 10.7. The van der Waals surface area contributed by atoms with Crippen molar-refractivity contribution in [2.24, 2.45) is 5.10 Å². The number of halogens is 1. The summed E-state index contributed by atoms with van der Waals surface area (Å²) in [5.74, 6) is -1.44. The topological polar surface area (TPSA) is 79.8 Å². The van der Waals surface area contributed by atoms with Crippen molar-refractivity contribution < 1.29 is 18.7 Å². The van der Waals surface area contributed by atoms with E-state index in [1.165, 1.54) is 12.3 Å². The van der Waals surface area contributed by atoms with Crippen LogP contribution in [-0.4, -0.2) is 24.6 Å². The molecule has 2 N–H and O–H groups in total. The molecule has 2 rings (SSSR count). The molecule has 0 unspecified atom stereocenters. The van der Waals surface area contributed by atoms with Crippen LogP contribution in [0.5, 0.6) is 5.75 Å². The van der Waals surface area contributed by atoms with Crippen molar-refractivity contribution in [2.75, 3.05) is 6.54 Å². The Bertz CT molecular complexity index is 809. The van der Waals surface area contributed by atoms with Gasteiger partial charge in [-0.3, -0.25) is 9.59 Å². The normalized spacial score (nSPS) is 10.6. The minimum atomic E-state index is -0.841. The molecule has 27 heavy (non-hydrogen) atoms. The van der Waals surface area contributed by atoms with E-state index in [-0.39, 0.29) is 12.4 Å². The number of hydrogen-bond acceptors (Lipinski definition) is 4. The fourth-order valence-electron chi connectivity index (χ4n) is 2.16. The van der Waals surface area contributed by atoms with Gasteiger partial charge in [0.05, 0.1) is 6.21 Å². The first kappa shape index (κ1) is 20.1. The number of rotatable bonds is 8. The third-order valence-electron chi connectivity index (χ3n) is 3.65. The highest BCUT2D eigenvalue weighted by Gasteiger charge is 2.11. The summed E-state index contributed by atoms with van der Waals surface area (Å²) in [6, 6.07) is 13.3. The highest BCUT2D eigenvalue weighted by molar-refractivity contribution is 6.35. The van der Waals surface area contributed by atoms with E-state index in [4.69, 9.17) is 4.74 Å². The number of ether oxygens (including phenoxy) is 1. The summed E-state index contributed by atoms with van der Waals surface area (Å²) in [4.78, 5) is 23.2. The number of unbranched alkanes of at least 4 members (excludes halogenated alkanes) is 1.